The second-order valence-corrected chi connectivity index (χ2v) is 5.99. The van der Waals surface area contributed by atoms with Crippen LogP contribution >= 0.6 is 12.4 Å². The number of hydrogen-bond donors (Lipinski definition) is 3. The number of sulfonamides is 1. The van der Waals surface area contributed by atoms with Gasteiger partial charge in [-0.05, 0) is 12.8 Å². The third kappa shape index (κ3) is 6.21. The predicted octanol–water partition coefficient (Wildman–Crippen LogP) is -0.799. The van der Waals surface area contributed by atoms with Gasteiger partial charge in [0.05, 0.1) is 12.2 Å². The van der Waals surface area contributed by atoms with E-state index in [0.29, 0.717) is 6.54 Å². The Bertz CT molecular complexity index is 347. The molecule has 0 heterocycles. The van der Waals surface area contributed by atoms with Crippen LogP contribution in [0, 0.1) is 5.92 Å². The predicted molar refractivity (Wildman–Crippen MR) is 68.4 cm³/mol. The molecule has 1 rings (SSSR count). The second-order valence-electron chi connectivity index (χ2n) is 4.16. The summed E-state index contributed by atoms with van der Waals surface area (Å²) in [5.41, 5.74) is 5.78. The van der Waals surface area contributed by atoms with Crippen molar-refractivity contribution in [3.63, 3.8) is 0 Å². The smallest absolute Gasteiger partial charge is 0.224 e. The minimum Gasteiger partial charge on any atom is -0.354 e. The lowest BCUT2D eigenvalue weighted by atomic mass is 10.0. The van der Waals surface area contributed by atoms with Crippen molar-refractivity contribution in [1.29, 1.82) is 0 Å². The highest BCUT2D eigenvalue weighted by Gasteiger charge is 2.29. The van der Waals surface area contributed by atoms with Crippen molar-refractivity contribution in [2.45, 2.75) is 25.3 Å². The van der Waals surface area contributed by atoms with Gasteiger partial charge < -0.3 is 11.1 Å². The fourth-order valence-electron chi connectivity index (χ4n) is 1.87. The number of nitrogens with two attached hydrogens (primary N) is 1. The molecule has 1 amide bonds. The van der Waals surface area contributed by atoms with Crippen molar-refractivity contribution in [3.8, 4) is 0 Å². The Hall–Kier alpha value is -0.370. The molecule has 1 aliphatic carbocycles. The molecule has 17 heavy (non-hydrogen) atoms. The van der Waals surface area contributed by atoms with Crippen molar-refractivity contribution >= 4 is 28.3 Å². The van der Waals surface area contributed by atoms with Crippen molar-refractivity contribution in [1.82, 2.24) is 10.0 Å². The number of halogens is 1. The fourth-order valence-corrected chi connectivity index (χ4v) is 2.34. The van der Waals surface area contributed by atoms with Gasteiger partial charge in [-0.3, -0.25) is 4.79 Å². The monoisotopic (exact) mass is 285 g/mol. The fraction of sp³-hybridized carbons (Fsp3) is 0.889. The summed E-state index contributed by atoms with van der Waals surface area (Å²) in [5.74, 6) is -0.182. The Morgan fingerprint density at radius 2 is 2.00 bits per heavy atom. The lowest BCUT2D eigenvalue weighted by Crippen LogP contribution is -2.41. The third-order valence-corrected chi connectivity index (χ3v) is 3.42. The number of carbonyl (C=O) groups excluding carboxylic acids is 1. The Kier molecular flexibility index (Phi) is 6.99. The second kappa shape index (κ2) is 7.15. The zero-order chi connectivity index (χ0) is 12.2. The average Bonchev–Trinajstić information content (AvgIpc) is 2.57. The highest BCUT2D eigenvalue weighted by atomic mass is 35.5. The first-order chi connectivity index (χ1) is 7.40. The van der Waals surface area contributed by atoms with Crippen LogP contribution < -0.4 is 15.8 Å². The first kappa shape index (κ1) is 16.6. The summed E-state index contributed by atoms with van der Waals surface area (Å²) < 4.78 is 23.8. The third-order valence-electron chi connectivity index (χ3n) is 2.69. The molecule has 6 nitrogen and oxygen atoms in total. The van der Waals surface area contributed by atoms with Gasteiger partial charge >= 0.3 is 0 Å². The van der Waals surface area contributed by atoms with E-state index in [2.05, 4.69) is 10.0 Å². The Morgan fingerprint density at radius 1 is 1.35 bits per heavy atom. The van der Waals surface area contributed by atoms with Crippen LogP contribution in [0.25, 0.3) is 0 Å². The number of carbonyl (C=O) groups is 1. The molecule has 0 saturated heterocycles. The molecule has 0 aromatic rings. The first-order valence-corrected chi connectivity index (χ1v) is 7.27. The molecule has 1 saturated carbocycles. The van der Waals surface area contributed by atoms with Gasteiger partial charge in [0.15, 0.2) is 0 Å². The van der Waals surface area contributed by atoms with Gasteiger partial charge in [0, 0.05) is 19.1 Å². The van der Waals surface area contributed by atoms with Crippen LogP contribution in [0.1, 0.15) is 19.3 Å². The van der Waals surface area contributed by atoms with E-state index in [1.165, 1.54) is 0 Å². The lowest BCUT2D eigenvalue weighted by Gasteiger charge is -2.14. The zero-order valence-electron chi connectivity index (χ0n) is 9.81. The first-order valence-electron chi connectivity index (χ1n) is 5.38. The van der Waals surface area contributed by atoms with Gasteiger partial charge in [-0.1, -0.05) is 6.42 Å². The SMILES string of the molecule is CS(=O)(=O)NCCNC(=O)C1CCCC1N.Cl. The highest BCUT2D eigenvalue weighted by molar-refractivity contribution is 7.88. The molecule has 0 aromatic carbocycles. The summed E-state index contributed by atoms with van der Waals surface area (Å²) in [4.78, 5) is 11.6. The minimum atomic E-state index is -3.18. The molecule has 0 radical (unpaired) electrons. The quantitative estimate of drug-likeness (QED) is 0.576. The van der Waals surface area contributed by atoms with Crippen LogP contribution in [0.4, 0.5) is 0 Å². The summed E-state index contributed by atoms with van der Waals surface area (Å²) in [6.07, 6.45) is 3.79. The van der Waals surface area contributed by atoms with Crippen LogP contribution in [0.2, 0.25) is 0 Å². The minimum absolute atomic E-state index is 0. The molecule has 0 bridgehead atoms. The van der Waals surface area contributed by atoms with Crippen molar-refractivity contribution < 1.29 is 13.2 Å². The maximum Gasteiger partial charge on any atom is 0.224 e. The van der Waals surface area contributed by atoms with Crippen LogP contribution in [-0.4, -0.2) is 39.7 Å². The van der Waals surface area contributed by atoms with Crippen LogP contribution in [0.5, 0.6) is 0 Å². The van der Waals surface area contributed by atoms with Gasteiger partial charge in [-0.2, -0.15) is 0 Å². The van der Waals surface area contributed by atoms with Crippen molar-refractivity contribution in [3.05, 3.63) is 0 Å². The van der Waals surface area contributed by atoms with Gasteiger partial charge in [0.25, 0.3) is 0 Å². The maximum absolute atomic E-state index is 11.6. The number of nitrogens with one attached hydrogen (secondary N) is 2. The molecule has 1 aliphatic rings. The standard InChI is InChI=1S/C9H19N3O3S.ClH/c1-16(14,15)12-6-5-11-9(13)7-3-2-4-8(7)10;/h7-8,12H,2-6,10H2,1H3,(H,11,13);1H. The topological polar surface area (TPSA) is 101 Å². The van der Waals surface area contributed by atoms with E-state index in [1.807, 2.05) is 0 Å². The van der Waals surface area contributed by atoms with E-state index in [-0.39, 0.29) is 36.8 Å². The van der Waals surface area contributed by atoms with Crippen LogP contribution in [0.15, 0.2) is 0 Å². The molecule has 2 unspecified atom stereocenters. The molecule has 0 aliphatic heterocycles. The molecule has 1 fully saturated rings. The average molecular weight is 286 g/mol. The largest absolute Gasteiger partial charge is 0.354 e. The summed E-state index contributed by atoms with van der Waals surface area (Å²) in [7, 11) is -3.18. The van der Waals surface area contributed by atoms with Gasteiger partial charge in [0.2, 0.25) is 15.9 Å². The molecule has 102 valence electrons. The normalized spacial score (nSPS) is 24.1. The van der Waals surface area contributed by atoms with Crippen molar-refractivity contribution in [2.24, 2.45) is 11.7 Å². The molecule has 0 aromatic heterocycles. The van der Waals surface area contributed by atoms with E-state index < -0.39 is 10.0 Å². The maximum atomic E-state index is 11.6. The summed E-state index contributed by atoms with van der Waals surface area (Å²) in [6.45, 7) is 0.516. The van der Waals surface area contributed by atoms with Gasteiger partial charge in [-0.15, -0.1) is 12.4 Å². The van der Waals surface area contributed by atoms with Gasteiger partial charge in [-0.25, -0.2) is 13.1 Å². The van der Waals surface area contributed by atoms with E-state index >= 15 is 0 Å². The van der Waals surface area contributed by atoms with Crippen molar-refractivity contribution in [2.75, 3.05) is 19.3 Å². The Balaban J connectivity index is 0.00000256. The highest BCUT2D eigenvalue weighted by Crippen LogP contribution is 2.23. The van der Waals surface area contributed by atoms with E-state index in [1.54, 1.807) is 0 Å². The van der Waals surface area contributed by atoms with E-state index in [0.717, 1.165) is 25.5 Å². The lowest BCUT2D eigenvalue weighted by molar-refractivity contribution is -0.125. The zero-order valence-corrected chi connectivity index (χ0v) is 11.4. The summed E-state index contributed by atoms with van der Waals surface area (Å²) >= 11 is 0. The van der Waals surface area contributed by atoms with Gasteiger partial charge in [0.1, 0.15) is 0 Å². The molecule has 0 spiro atoms. The molecule has 4 N–H and O–H groups in total. The molecular formula is C9H20ClN3O3S. The number of rotatable bonds is 5. The van der Waals surface area contributed by atoms with E-state index in [9.17, 15) is 13.2 Å². The number of hydrogen-bond acceptors (Lipinski definition) is 4. The molecule has 2 atom stereocenters. The number of amides is 1. The van der Waals surface area contributed by atoms with Crippen LogP contribution in [-0.2, 0) is 14.8 Å². The summed E-state index contributed by atoms with van der Waals surface area (Å²) in [5, 5.41) is 2.68. The van der Waals surface area contributed by atoms with E-state index in [4.69, 9.17) is 5.73 Å². The Labute approximate surface area is 108 Å². The molecule has 8 heteroatoms. The Morgan fingerprint density at radius 3 is 2.47 bits per heavy atom. The summed E-state index contributed by atoms with van der Waals surface area (Å²) in [6, 6.07) is -0.0529. The molecular weight excluding hydrogens is 266 g/mol. The van der Waals surface area contributed by atoms with Crippen LogP contribution in [0.3, 0.4) is 0 Å².